The molecule has 0 saturated heterocycles. The molecule has 0 unspecified atom stereocenters. The quantitative estimate of drug-likeness (QED) is 0.713. The van der Waals surface area contributed by atoms with E-state index in [2.05, 4.69) is 26.6 Å². The Morgan fingerprint density at radius 1 is 1.12 bits per heavy atom. The van der Waals surface area contributed by atoms with Crippen LogP contribution in [0.1, 0.15) is 11.1 Å². The van der Waals surface area contributed by atoms with Gasteiger partial charge in [0.05, 0.1) is 5.75 Å². The summed E-state index contributed by atoms with van der Waals surface area (Å²) in [5.41, 5.74) is 4.01. The molecule has 0 bridgehead atoms. The van der Waals surface area contributed by atoms with Crippen molar-refractivity contribution >= 4 is 23.4 Å². The van der Waals surface area contributed by atoms with Gasteiger partial charge in [-0.1, -0.05) is 17.8 Å². The predicted octanol–water partition coefficient (Wildman–Crippen LogP) is 3.22. The van der Waals surface area contributed by atoms with E-state index in [9.17, 15) is 4.79 Å². The zero-order valence-electron chi connectivity index (χ0n) is 14.4. The summed E-state index contributed by atoms with van der Waals surface area (Å²) in [6.45, 7) is 4.02. The number of rotatable bonds is 5. The molecule has 3 aromatic rings. The molecule has 0 fully saturated rings. The summed E-state index contributed by atoms with van der Waals surface area (Å²) in [4.78, 5) is 16.2. The molecule has 1 amide bonds. The lowest BCUT2D eigenvalue weighted by molar-refractivity contribution is -0.113. The average Bonchev–Trinajstić information content (AvgIpc) is 2.93. The van der Waals surface area contributed by atoms with Gasteiger partial charge in [0.2, 0.25) is 5.91 Å². The first kappa shape index (κ1) is 17.2. The number of nitrogens with zero attached hydrogens (tertiary/aromatic N) is 4. The van der Waals surface area contributed by atoms with Crippen molar-refractivity contribution in [1.29, 1.82) is 0 Å². The summed E-state index contributed by atoms with van der Waals surface area (Å²) in [6, 6.07) is 9.75. The van der Waals surface area contributed by atoms with Crippen LogP contribution in [0.25, 0.3) is 11.4 Å². The number of hydrogen-bond acceptors (Lipinski definition) is 5. The molecule has 0 aliphatic rings. The van der Waals surface area contributed by atoms with Gasteiger partial charge in [-0.05, 0) is 49.2 Å². The Morgan fingerprint density at radius 3 is 2.48 bits per heavy atom. The van der Waals surface area contributed by atoms with Crippen LogP contribution in [-0.2, 0) is 11.8 Å². The van der Waals surface area contributed by atoms with E-state index in [1.54, 1.807) is 12.4 Å². The molecule has 3 rings (SSSR count). The van der Waals surface area contributed by atoms with Crippen LogP contribution in [0.5, 0.6) is 0 Å². The second-order valence-electron chi connectivity index (χ2n) is 5.81. The molecule has 0 saturated carbocycles. The maximum absolute atomic E-state index is 12.2. The summed E-state index contributed by atoms with van der Waals surface area (Å²) in [5.74, 6) is 0.957. The van der Waals surface area contributed by atoms with Crippen LogP contribution >= 0.6 is 11.8 Å². The Balaban J connectivity index is 1.64. The smallest absolute Gasteiger partial charge is 0.234 e. The summed E-state index contributed by atoms with van der Waals surface area (Å²) in [7, 11) is 1.89. The zero-order chi connectivity index (χ0) is 17.8. The van der Waals surface area contributed by atoms with Gasteiger partial charge in [0.25, 0.3) is 0 Å². The minimum Gasteiger partial charge on any atom is -0.325 e. The van der Waals surface area contributed by atoms with Crippen molar-refractivity contribution in [3.8, 4) is 11.4 Å². The van der Waals surface area contributed by atoms with E-state index in [0.29, 0.717) is 5.16 Å². The SMILES string of the molecule is Cc1cc(C)cc(NC(=O)CSc2nnc(-c3ccncc3)n2C)c1. The minimum absolute atomic E-state index is 0.0662. The van der Waals surface area contributed by atoms with Crippen LogP contribution in [0.15, 0.2) is 47.9 Å². The van der Waals surface area contributed by atoms with Crippen molar-refractivity contribution in [2.24, 2.45) is 7.05 Å². The van der Waals surface area contributed by atoms with Crippen molar-refractivity contribution in [3.05, 3.63) is 53.9 Å². The molecule has 6 nitrogen and oxygen atoms in total. The molecule has 128 valence electrons. The minimum atomic E-state index is -0.0662. The summed E-state index contributed by atoms with van der Waals surface area (Å²) in [6.07, 6.45) is 3.43. The van der Waals surface area contributed by atoms with Gasteiger partial charge >= 0.3 is 0 Å². The van der Waals surface area contributed by atoms with Crippen LogP contribution in [0.3, 0.4) is 0 Å². The molecule has 0 atom stereocenters. The van der Waals surface area contributed by atoms with E-state index in [0.717, 1.165) is 28.2 Å². The second-order valence-corrected chi connectivity index (χ2v) is 6.76. The standard InChI is InChI=1S/C18H19N5OS/c1-12-8-13(2)10-15(9-12)20-16(24)11-25-18-22-21-17(23(18)3)14-4-6-19-7-5-14/h4-10H,11H2,1-3H3,(H,20,24). The number of anilines is 1. The molecule has 0 radical (unpaired) electrons. The monoisotopic (exact) mass is 353 g/mol. The lowest BCUT2D eigenvalue weighted by Gasteiger charge is -2.07. The van der Waals surface area contributed by atoms with E-state index in [1.165, 1.54) is 11.8 Å². The Morgan fingerprint density at radius 2 is 1.80 bits per heavy atom. The van der Waals surface area contributed by atoms with E-state index in [4.69, 9.17) is 0 Å². The molecule has 2 aromatic heterocycles. The Hall–Kier alpha value is -2.67. The van der Waals surface area contributed by atoms with Crippen molar-refractivity contribution in [2.75, 3.05) is 11.1 Å². The zero-order valence-corrected chi connectivity index (χ0v) is 15.2. The van der Waals surface area contributed by atoms with E-state index in [-0.39, 0.29) is 11.7 Å². The molecule has 0 aliphatic heterocycles. The first-order valence-corrected chi connectivity index (χ1v) is 8.82. The topological polar surface area (TPSA) is 72.7 Å². The number of carbonyl (C=O) groups excluding carboxylic acids is 1. The molecule has 1 N–H and O–H groups in total. The highest BCUT2D eigenvalue weighted by Gasteiger charge is 2.13. The summed E-state index contributed by atoms with van der Waals surface area (Å²) in [5, 5.41) is 12.0. The number of benzene rings is 1. The Bertz CT molecular complexity index is 871. The molecule has 25 heavy (non-hydrogen) atoms. The van der Waals surface area contributed by atoms with Gasteiger partial charge in [-0.25, -0.2) is 0 Å². The summed E-state index contributed by atoms with van der Waals surface area (Å²) >= 11 is 1.36. The van der Waals surface area contributed by atoms with Gasteiger partial charge in [-0.2, -0.15) is 0 Å². The normalized spacial score (nSPS) is 10.7. The number of aromatic nitrogens is 4. The van der Waals surface area contributed by atoms with Crippen LogP contribution in [0, 0.1) is 13.8 Å². The van der Waals surface area contributed by atoms with Gasteiger partial charge < -0.3 is 9.88 Å². The number of amides is 1. The van der Waals surface area contributed by atoms with Gasteiger partial charge in [0, 0.05) is 30.7 Å². The van der Waals surface area contributed by atoms with Crippen LogP contribution in [0.2, 0.25) is 0 Å². The lowest BCUT2D eigenvalue weighted by Crippen LogP contribution is -2.14. The van der Waals surface area contributed by atoms with Gasteiger partial charge in [0.1, 0.15) is 0 Å². The maximum atomic E-state index is 12.2. The molecular weight excluding hydrogens is 334 g/mol. The third-order valence-corrected chi connectivity index (χ3v) is 4.63. The van der Waals surface area contributed by atoms with Crippen molar-refractivity contribution in [3.63, 3.8) is 0 Å². The molecular formula is C18H19N5OS. The summed E-state index contributed by atoms with van der Waals surface area (Å²) < 4.78 is 1.88. The third-order valence-electron chi connectivity index (χ3n) is 3.61. The number of nitrogens with one attached hydrogen (secondary N) is 1. The number of carbonyl (C=O) groups is 1. The van der Waals surface area contributed by atoms with Crippen molar-refractivity contribution in [1.82, 2.24) is 19.7 Å². The molecule has 2 heterocycles. The highest BCUT2D eigenvalue weighted by atomic mass is 32.2. The Kier molecular flexibility index (Phi) is 5.14. The molecule has 1 aromatic carbocycles. The third kappa shape index (κ3) is 4.24. The fourth-order valence-electron chi connectivity index (χ4n) is 2.57. The maximum Gasteiger partial charge on any atom is 0.234 e. The molecule has 7 heteroatoms. The molecule has 0 spiro atoms. The van der Waals surface area contributed by atoms with E-state index < -0.39 is 0 Å². The number of aryl methyl sites for hydroxylation is 2. The Labute approximate surface area is 150 Å². The predicted molar refractivity (Wildman–Crippen MR) is 99.5 cm³/mol. The number of hydrogen-bond donors (Lipinski definition) is 1. The highest BCUT2D eigenvalue weighted by molar-refractivity contribution is 7.99. The largest absolute Gasteiger partial charge is 0.325 e. The van der Waals surface area contributed by atoms with Gasteiger partial charge in [-0.3, -0.25) is 9.78 Å². The highest BCUT2D eigenvalue weighted by Crippen LogP contribution is 2.22. The van der Waals surface area contributed by atoms with Gasteiger partial charge in [0.15, 0.2) is 11.0 Å². The van der Waals surface area contributed by atoms with Crippen LogP contribution < -0.4 is 5.32 Å². The first-order valence-electron chi connectivity index (χ1n) is 7.83. The fraction of sp³-hybridized carbons (Fsp3) is 0.222. The van der Waals surface area contributed by atoms with Crippen molar-refractivity contribution < 1.29 is 4.79 Å². The van der Waals surface area contributed by atoms with Gasteiger partial charge in [-0.15, -0.1) is 10.2 Å². The van der Waals surface area contributed by atoms with Crippen molar-refractivity contribution in [2.45, 2.75) is 19.0 Å². The number of pyridine rings is 1. The fourth-order valence-corrected chi connectivity index (χ4v) is 3.28. The average molecular weight is 353 g/mol. The first-order chi connectivity index (χ1) is 12.0. The van der Waals surface area contributed by atoms with E-state index >= 15 is 0 Å². The lowest BCUT2D eigenvalue weighted by atomic mass is 10.1. The second kappa shape index (κ2) is 7.48. The van der Waals surface area contributed by atoms with E-state index in [1.807, 2.05) is 49.7 Å². The van der Waals surface area contributed by atoms with Crippen LogP contribution in [-0.4, -0.2) is 31.4 Å². The number of thioether (sulfide) groups is 1. The van der Waals surface area contributed by atoms with Crippen LogP contribution in [0.4, 0.5) is 5.69 Å². The molecule has 0 aliphatic carbocycles.